The lowest BCUT2D eigenvalue weighted by Gasteiger charge is -2.37. The summed E-state index contributed by atoms with van der Waals surface area (Å²) in [7, 11) is 0. The van der Waals surface area contributed by atoms with Crippen LogP contribution in [-0.4, -0.2) is 23.3 Å². The number of aliphatic hydroxyl groups is 1. The van der Waals surface area contributed by atoms with Crippen molar-refractivity contribution in [3.8, 4) is 0 Å². The van der Waals surface area contributed by atoms with E-state index >= 15 is 0 Å². The molecule has 16 heavy (non-hydrogen) atoms. The molecule has 0 bridgehead atoms. The average Bonchev–Trinajstić information content (AvgIpc) is 2.30. The van der Waals surface area contributed by atoms with Crippen LogP contribution in [0.3, 0.4) is 0 Å². The van der Waals surface area contributed by atoms with Gasteiger partial charge in [0.05, 0.1) is 6.61 Å². The van der Waals surface area contributed by atoms with E-state index in [9.17, 15) is 5.11 Å². The molecule has 1 aliphatic rings. The quantitative estimate of drug-likeness (QED) is 0.731. The van der Waals surface area contributed by atoms with Crippen LogP contribution in [0, 0.1) is 5.92 Å². The molecule has 1 fully saturated rings. The van der Waals surface area contributed by atoms with Gasteiger partial charge in [0.2, 0.25) is 0 Å². The molecule has 0 amide bonds. The van der Waals surface area contributed by atoms with E-state index in [1.54, 1.807) is 0 Å². The number of nitrogens with one attached hydrogen (secondary N) is 1. The van der Waals surface area contributed by atoms with Crippen molar-refractivity contribution < 1.29 is 5.11 Å². The lowest BCUT2D eigenvalue weighted by molar-refractivity contribution is 0.135. The van der Waals surface area contributed by atoms with Gasteiger partial charge < -0.3 is 10.4 Å². The van der Waals surface area contributed by atoms with Crippen LogP contribution in [0.15, 0.2) is 0 Å². The fourth-order valence-corrected chi connectivity index (χ4v) is 2.96. The normalized spacial score (nSPS) is 30.0. The van der Waals surface area contributed by atoms with Gasteiger partial charge in [-0.2, -0.15) is 0 Å². The summed E-state index contributed by atoms with van der Waals surface area (Å²) in [6, 6.07) is 0.631. The third-order valence-electron chi connectivity index (χ3n) is 4.13. The molecule has 0 aromatic rings. The molecule has 0 aromatic carbocycles. The van der Waals surface area contributed by atoms with Gasteiger partial charge in [0.1, 0.15) is 0 Å². The van der Waals surface area contributed by atoms with Crippen molar-refractivity contribution in [1.82, 2.24) is 5.32 Å². The van der Waals surface area contributed by atoms with Crippen molar-refractivity contribution in [3.63, 3.8) is 0 Å². The molecule has 0 aromatic heterocycles. The summed E-state index contributed by atoms with van der Waals surface area (Å²) in [6.07, 6.45) is 8.84. The summed E-state index contributed by atoms with van der Waals surface area (Å²) < 4.78 is 0. The highest BCUT2D eigenvalue weighted by molar-refractivity contribution is 4.88. The Balaban J connectivity index is 2.36. The van der Waals surface area contributed by atoms with Crippen molar-refractivity contribution in [2.75, 3.05) is 6.61 Å². The second-order valence-electron chi connectivity index (χ2n) is 5.74. The van der Waals surface area contributed by atoms with Crippen molar-refractivity contribution in [2.45, 2.75) is 77.3 Å². The molecule has 0 saturated heterocycles. The molecule has 2 nitrogen and oxygen atoms in total. The standard InChI is InChI=1S/C14H29NO/c1-4-10-14(3,11-16)15-13-8-6-12(5-2)7-9-13/h12-13,15-16H,4-11H2,1-3H3. The zero-order chi connectivity index (χ0) is 12.0. The van der Waals surface area contributed by atoms with Crippen LogP contribution in [0.25, 0.3) is 0 Å². The Morgan fingerprint density at radius 1 is 1.19 bits per heavy atom. The largest absolute Gasteiger partial charge is 0.394 e. The summed E-state index contributed by atoms with van der Waals surface area (Å²) >= 11 is 0. The SMILES string of the molecule is CCCC(C)(CO)NC1CCC(CC)CC1. The minimum absolute atomic E-state index is 0.0571. The summed E-state index contributed by atoms with van der Waals surface area (Å²) in [4.78, 5) is 0. The average molecular weight is 227 g/mol. The number of aliphatic hydroxyl groups excluding tert-OH is 1. The molecule has 1 saturated carbocycles. The van der Waals surface area contributed by atoms with Crippen LogP contribution in [-0.2, 0) is 0 Å². The van der Waals surface area contributed by atoms with Crippen LogP contribution in [0.5, 0.6) is 0 Å². The first-order chi connectivity index (χ1) is 7.63. The van der Waals surface area contributed by atoms with Gasteiger partial charge in [0.15, 0.2) is 0 Å². The van der Waals surface area contributed by atoms with Crippen molar-refractivity contribution >= 4 is 0 Å². The second kappa shape index (κ2) is 6.61. The van der Waals surface area contributed by atoms with E-state index in [2.05, 4.69) is 26.1 Å². The van der Waals surface area contributed by atoms with Gasteiger partial charge in [0, 0.05) is 11.6 Å². The first kappa shape index (κ1) is 14.0. The fraction of sp³-hybridized carbons (Fsp3) is 1.00. The van der Waals surface area contributed by atoms with Crippen LogP contribution in [0.1, 0.15) is 65.7 Å². The molecule has 2 N–H and O–H groups in total. The smallest absolute Gasteiger partial charge is 0.0610 e. The number of hydrogen-bond acceptors (Lipinski definition) is 2. The molecule has 0 radical (unpaired) electrons. The Morgan fingerprint density at radius 3 is 2.25 bits per heavy atom. The molecule has 1 aliphatic carbocycles. The van der Waals surface area contributed by atoms with Crippen LogP contribution in [0.2, 0.25) is 0 Å². The van der Waals surface area contributed by atoms with Crippen LogP contribution in [0.4, 0.5) is 0 Å². The van der Waals surface area contributed by atoms with E-state index in [0.29, 0.717) is 6.04 Å². The summed E-state index contributed by atoms with van der Waals surface area (Å²) in [5.41, 5.74) is -0.0571. The maximum Gasteiger partial charge on any atom is 0.0610 e. The third-order valence-corrected chi connectivity index (χ3v) is 4.13. The maximum absolute atomic E-state index is 9.48. The molecular weight excluding hydrogens is 198 g/mol. The zero-order valence-corrected chi connectivity index (χ0v) is 11.3. The highest BCUT2D eigenvalue weighted by Gasteiger charge is 2.28. The number of hydrogen-bond donors (Lipinski definition) is 2. The van der Waals surface area contributed by atoms with E-state index in [1.807, 2.05) is 0 Å². The molecule has 0 heterocycles. The topological polar surface area (TPSA) is 32.3 Å². The third kappa shape index (κ3) is 4.06. The van der Waals surface area contributed by atoms with Gasteiger partial charge in [-0.15, -0.1) is 0 Å². The molecule has 1 rings (SSSR count). The molecular formula is C14H29NO. The molecule has 1 atom stereocenters. The highest BCUT2D eigenvalue weighted by atomic mass is 16.3. The van der Waals surface area contributed by atoms with Crippen LogP contribution >= 0.6 is 0 Å². The second-order valence-corrected chi connectivity index (χ2v) is 5.74. The predicted molar refractivity (Wildman–Crippen MR) is 69.6 cm³/mol. The number of rotatable bonds is 6. The van der Waals surface area contributed by atoms with Crippen LogP contribution < -0.4 is 5.32 Å². The zero-order valence-electron chi connectivity index (χ0n) is 11.3. The lowest BCUT2D eigenvalue weighted by atomic mass is 9.83. The first-order valence-electron chi connectivity index (χ1n) is 7.02. The van der Waals surface area contributed by atoms with Gasteiger partial charge in [-0.25, -0.2) is 0 Å². The Morgan fingerprint density at radius 2 is 1.81 bits per heavy atom. The molecule has 96 valence electrons. The molecule has 1 unspecified atom stereocenters. The van der Waals surface area contributed by atoms with E-state index in [0.717, 1.165) is 18.8 Å². The first-order valence-corrected chi connectivity index (χ1v) is 7.02. The summed E-state index contributed by atoms with van der Waals surface area (Å²) in [6.45, 7) is 6.90. The Hall–Kier alpha value is -0.0800. The Labute approximate surface area is 101 Å². The van der Waals surface area contributed by atoms with Crippen molar-refractivity contribution in [2.24, 2.45) is 5.92 Å². The summed E-state index contributed by atoms with van der Waals surface area (Å²) in [5.74, 6) is 0.949. The Bertz CT molecular complexity index is 187. The highest BCUT2D eigenvalue weighted by Crippen LogP contribution is 2.28. The van der Waals surface area contributed by atoms with Gasteiger partial charge in [0.25, 0.3) is 0 Å². The van der Waals surface area contributed by atoms with E-state index < -0.39 is 0 Å². The Kier molecular flexibility index (Phi) is 5.77. The molecule has 0 aliphatic heterocycles. The van der Waals surface area contributed by atoms with Crippen molar-refractivity contribution in [1.29, 1.82) is 0 Å². The minimum atomic E-state index is -0.0571. The van der Waals surface area contributed by atoms with Gasteiger partial charge in [-0.3, -0.25) is 0 Å². The monoisotopic (exact) mass is 227 g/mol. The van der Waals surface area contributed by atoms with E-state index in [1.165, 1.54) is 32.1 Å². The van der Waals surface area contributed by atoms with Gasteiger partial charge in [-0.1, -0.05) is 26.7 Å². The fourth-order valence-electron chi connectivity index (χ4n) is 2.96. The lowest BCUT2D eigenvalue weighted by Crippen LogP contribution is -2.51. The van der Waals surface area contributed by atoms with E-state index in [4.69, 9.17) is 0 Å². The molecule has 0 spiro atoms. The molecule has 2 heteroatoms. The summed E-state index contributed by atoms with van der Waals surface area (Å²) in [5, 5.41) is 13.2. The van der Waals surface area contributed by atoms with Crippen molar-refractivity contribution in [3.05, 3.63) is 0 Å². The van der Waals surface area contributed by atoms with Gasteiger partial charge >= 0.3 is 0 Å². The van der Waals surface area contributed by atoms with E-state index in [-0.39, 0.29) is 12.1 Å². The predicted octanol–water partition coefficient (Wildman–Crippen LogP) is 3.10. The van der Waals surface area contributed by atoms with Gasteiger partial charge in [-0.05, 0) is 44.9 Å². The maximum atomic E-state index is 9.48. The minimum Gasteiger partial charge on any atom is -0.394 e.